The third-order valence-corrected chi connectivity index (χ3v) is 3.54. The van der Waals surface area contributed by atoms with Gasteiger partial charge in [-0.25, -0.2) is 9.18 Å². The number of hydrogen-bond acceptors (Lipinski definition) is 4. The highest BCUT2D eigenvalue weighted by Crippen LogP contribution is 2.19. The zero-order valence-electron chi connectivity index (χ0n) is 12.2. The minimum Gasteiger partial charge on any atom is -0.486 e. The van der Waals surface area contributed by atoms with Gasteiger partial charge in [-0.05, 0) is 18.6 Å². The van der Waals surface area contributed by atoms with Crippen molar-refractivity contribution in [1.82, 2.24) is 15.3 Å². The molecule has 1 aliphatic heterocycles. The van der Waals surface area contributed by atoms with Crippen molar-refractivity contribution in [3.63, 3.8) is 0 Å². The SMILES string of the molecule is O=C(N[C@@H]1CCOC[C@H]1Oc1cccc(F)c1)c1c[nH]c(=O)[nH]1. The Labute approximate surface area is 130 Å². The number of aromatic amines is 2. The monoisotopic (exact) mass is 321 g/mol. The van der Waals surface area contributed by atoms with Gasteiger partial charge < -0.3 is 24.8 Å². The first-order valence-corrected chi connectivity index (χ1v) is 7.20. The molecule has 8 heteroatoms. The second-order valence-corrected chi connectivity index (χ2v) is 5.21. The summed E-state index contributed by atoms with van der Waals surface area (Å²) in [6.45, 7) is 0.767. The summed E-state index contributed by atoms with van der Waals surface area (Å²) >= 11 is 0. The van der Waals surface area contributed by atoms with E-state index in [-0.39, 0.29) is 18.3 Å². The van der Waals surface area contributed by atoms with Gasteiger partial charge in [0.25, 0.3) is 5.91 Å². The fourth-order valence-electron chi connectivity index (χ4n) is 2.41. The molecule has 3 N–H and O–H groups in total. The van der Waals surface area contributed by atoms with E-state index in [0.717, 1.165) is 0 Å². The maximum Gasteiger partial charge on any atom is 0.323 e. The number of carbonyl (C=O) groups excluding carboxylic acids is 1. The molecule has 1 aliphatic rings. The predicted octanol–water partition coefficient (Wildman–Crippen LogP) is 0.808. The molecular formula is C15H16FN3O4. The maximum absolute atomic E-state index is 13.2. The number of carbonyl (C=O) groups is 1. The van der Waals surface area contributed by atoms with Crippen molar-refractivity contribution in [2.75, 3.05) is 13.2 Å². The van der Waals surface area contributed by atoms with Gasteiger partial charge >= 0.3 is 5.69 Å². The van der Waals surface area contributed by atoms with Gasteiger partial charge in [0.1, 0.15) is 23.4 Å². The van der Waals surface area contributed by atoms with Crippen LogP contribution in [0.2, 0.25) is 0 Å². The molecular weight excluding hydrogens is 305 g/mol. The van der Waals surface area contributed by atoms with Crippen molar-refractivity contribution in [3.8, 4) is 5.75 Å². The van der Waals surface area contributed by atoms with Gasteiger partial charge in [0, 0.05) is 18.9 Å². The Morgan fingerprint density at radius 2 is 2.30 bits per heavy atom. The number of aromatic nitrogens is 2. The number of amides is 1. The predicted molar refractivity (Wildman–Crippen MR) is 78.9 cm³/mol. The van der Waals surface area contributed by atoms with E-state index in [4.69, 9.17) is 9.47 Å². The first-order chi connectivity index (χ1) is 11.1. The van der Waals surface area contributed by atoms with Gasteiger partial charge in [0.15, 0.2) is 0 Å². The Morgan fingerprint density at radius 3 is 3.04 bits per heavy atom. The van der Waals surface area contributed by atoms with E-state index in [0.29, 0.717) is 18.8 Å². The van der Waals surface area contributed by atoms with Crippen LogP contribution in [0.4, 0.5) is 4.39 Å². The number of halogens is 1. The van der Waals surface area contributed by atoms with Crippen molar-refractivity contribution in [3.05, 3.63) is 52.5 Å². The van der Waals surface area contributed by atoms with Crippen molar-refractivity contribution in [1.29, 1.82) is 0 Å². The number of ether oxygens (including phenoxy) is 2. The molecule has 1 saturated heterocycles. The van der Waals surface area contributed by atoms with Crippen LogP contribution in [0.1, 0.15) is 16.9 Å². The minimum atomic E-state index is -0.449. The highest BCUT2D eigenvalue weighted by Gasteiger charge is 2.29. The molecule has 1 fully saturated rings. The second-order valence-electron chi connectivity index (χ2n) is 5.21. The Morgan fingerprint density at radius 1 is 1.43 bits per heavy atom. The lowest BCUT2D eigenvalue weighted by molar-refractivity contribution is -0.0136. The zero-order valence-corrected chi connectivity index (χ0v) is 12.2. The van der Waals surface area contributed by atoms with Crippen LogP contribution in [-0.4, -0.2) is 41.2 Å². The second kappa shape index (κ2) is 6.66. The molecule has 0 saturated carbocycles. The molecule has 2 atom stereocenters. The van der Waals surface area contributed by atoms with E-state index in [1.54, 1.807) is 12.1 Å². The summed E-state index contributed by atoms with van der Waals surface area (Å²) in [4.78, 5) is 27.9. The van der Waals surface area contributed by atoms with Gasteiger partial charge in [-0.2, -0.15) is 0 Å². The molecule has 3 rings (SSSR count). The van der Waals surface area contributed by atoms with Crippen LogP contribution in [0.3, 0.4) is 0 Å². The molecule has 0 spiro atoms. The Bertz CT molecular complexity index is 742. The fourth-order valence-corrected chi connectivity index (χ4v) is 2.41. The smallest absolute Gasteiger partial charge is 0.323 e. The highest BCUT2D eigenvalue weighted by molar-refractivity contribution is 5.92. The van der Waals surface area contributed by atoms with E-state index < -0.39 is 23.5 Å². The van der Waals surface area contributed by atoms with Gasteiger partial charge in [0.05, 0.1) is 12.6 Å². The average Bonchev–Trinajstić information content (AvgIpc) is 2.96. The normalized spacial score (nSPS) is 20.9. The first kappa shape index (κ1) is 15.3. The summed E-state index contributed by atoms with van der Waals surface area (Å²) in [6.07, 6.45) is 1.42. The molecule has 23 heavy (non-hydrogen) atoms. The highest BCUT2D eigenvalue weighted by atomic mass is 19.1. The molecule has 0 aliphatic carbocycles. The molecule has 7 nitrogen and oxygen atoms in total. The van der Waals surface area contributed by atoms with Crippen LogP contribution in [0.25, 0.3) is 0 Å². The quantitative estimate of drug-likeness (QED) is 0.776. The fraction of sp³-hybridized carbons (Fsp3) is 0.333. The lowest BCUT2D eigenvalue weighted by atomic mass is 10.1. The van der Waals surface area contributed by atoms with E-state index >= 15 is 0 Å². The summed E-state index contributed by atoms with van der Waals surface area (Å²) in [6, 6.07) is 5.48. The van der Waals surface area contributed by atoms with Crippen LogP contribution >= 0.6 is 0 Å². The van der Waals surface area contributed by atoms with Crippen molar-refractivity contribution in [2.24, 2.45) is 0 Å². The van der Waals surface area contributed by atoms with Crippen LogP contribution < -0.4 is 15.7 Å². The van der Waals surface area contributed by atoms with Crippen molar-refractivity contribution in [2.45, 2.75) is 18.6 Å². The standard InChI is InChI=1S/C15H16FN3O4/c16-9-2-1-3-10(6-9)23-13-8-22-5-4-11(13)18-14(20)12-7-17-15(21)19-12/h1-3,6-7,11,13H,4-5,8H2,(H,18,20)(H2,17,19,21)/t11-,13-/m1/s1. The molecule has 1 aromatic carbocycles. The topological polar surface area (TPSA) is 96.2 Å². The van der Waals surface area contributed by atoms with Crippen LogP contribution in [0.15, 0.2) is 35.3 Å². The van der Waals surface area contributed by atoms with Crippen molar-refractivity contribution >= 4 is 5.91 Å². The number of hydrogen-bond donors (Lipinski definition) is 3. The maximum atomic E-state index is 13.2. The van der Waals surface area contributed by atoms with Crippen molar-refractivity contribution < 1.29 is 18.7 Å². The van der Waals surface area contributed by atoms with Crippen LogP contribution in [0, 0.1) is 5.82 Å². The van der Waals surface area contributed by atoms with E-state index in [2.05, 4.69) is 15.3 Å². The average molecular weight is 321 g/mol. The van der Waals surface area contributed by atoms with Gasteiger partial charge in [-0.1, -0.05) is 6.07 Å². The summed E-state index contributed by atoms with van der Waals surface area (Å²) in [5.41, 5.74) is -0.305. The lowest BCUT2D eigenvalue weighted by Gasteiger charge is -2.32. The molecule has 2 aromatic rings. The summed E-state index contributed by atoms with van der Waals surface area (Å²) in [7, 11) is 0. The molecule has 0 bridgehead atoms. The number of nitrogens with one attached hydrogen (secondary N) is 3. The molecule has 1 amide bonds. The summed E-state index contributed by atoms with van der Waals surface area (Å²) < 4.78 is 24.3. The van der Waals surface area contributed by atoms with Crippen LogP contribution in [0.5, 0.6) is 5.75 Å². The molecule has 2 heterocycles. The van der Waals surface area contributed by atoms with Gasteiger partial charge in [-0.3, -0.25) is 4.79 Å². The third-order valence-electron chi connectivity index (χ3n) is 3.54. The summed E-state index contributed by atoms with van der Waals surface area (Å²) in [5.74, 6) is -0.442. The molecule has 0 radical (unpaired) electrons. The molecule has 0 unspecified atom stereocenters. The number of H-pyrrole nitrogens is 2. The Hall–Kier alpha value is -2.61. The van der Waals surface area contributed by atoms with Gasteiger partial charge in [0.2, 0.25) is 0 Å². The molecule has 1 aromatic heterocycles. The molecule has 122 valence electrons. The third kappa shape index (κ3) is 3.78. The van der Waals surface area contributed by atoms with Gasteiger partial charge in [-0.15, -0.1) is 0 Å². The number of rotatable bonds is 4. The Balaban J connectivity index is 1.68. The van der Waals surface area contributed by atoms with E-state index in [9.17, 15) is 14.0 Å². The van der Waals surface area contributed by atoms with E-state index in [1.807, 2.05) is 0 Å². The largest absolute Gasteiger partial charge is 0.486 e. The number of imidazole rings is 1. The van der Waals surface area contributed by atoms with E-state index in [1.165, 1.54) is 18.3 Å². The lowest BCUT2D eigenvalue weighted by Crippen LogP contribution is -2.51. The first-order valence-electron chi connectivity index (χ1n) is 7.20. The zero-order chi connectivity index (χ0) is 16.2. The minimum absolute atomic E-state index is 0.144. The van der Waals surface area contributed by atoms with Crippen LogP contribution in [-0.2, 0) is 4.74 Å². The summed E-state index contributed by atoms with van der Waals surface area (Å²) in [5, 5.41) is 2.81. The Kier molecular flexibility index (Phi) is 4.42. The number of benzene rings is 1.